The van der Waals surface area contributed by atoms with Crippen LogP contribution in [0.15, 0.2) is 30.3 Å². The molecule has 0 saturated carbocycles. The second kappa shape index (κ2) is 5.08. The van der Waals surface area contributed by atoms with Crippen LogP contribution < -0.4 is 9.61 Å². The van der Waals surface area contributed by atoms with Gasteiger partial charge in [-0.3, -0.25) is 4.79 Å². The van der Waals surface area contributed by atoms with Gasteiger partial charge in [-0.1, -0.05) is 18.2 Å². The maximum atomic E-state index is 11.9. The van der Waals surface area contributed by atoms with E-state index in [1.54, 1.807) is 30.3 Å². The molecule has 0 aliphatic carbocycles. The van der Waals surface area contributed by atoms with E-state index in [9.17, 15) is 9.36 Å². The minimum atomic E-state index is -3.75. The molecule has 0 aromatic heterocycles. The van der Waals surface area contributed by atoms with Gasteiger partial charge in [0.05, 0.1) is 0 Å². The number of carbonyl (C=O) groups is 1. The molecular weight excluding hydrogens is 265 g/mol. The van der Waals surface area contributed by atoms with Crippen LogP contribution >= 0.6 is 18.1 Å². The molecule has 0 saturated heterocycles. The second-order valence-electron chi connectivity index (χ2n) is 3.93. The molecular formula is C10H13ClNO4P. The fourth-order valence-corrected chi connectivity index (χ4v) is 3.10. The van der Waals surface area contributed by atoms with Gasteiger partial charge in [-0.25, -0.2) is 9.65 Å². The van der Waals surface area contributed by atoms with Crippen LogP contribution in [0.1, 0.15) is 13.8 Å². The largest absolute Gasteiger partial charge is 0.480 e. The smallest absolute Gasteiger partial charge is 0.410 e. The van der Waals surface area contributed by atoms with Crippen LogP contribution in [0.4, 0.5) is 0 Å². The molecule has 0 heterocycles. The van der Waals surface area contributed by atoms with Gasteiger partial charge in [0.15, 0.2) is 0 Å². The zero-order valence-corrected chi connectivity index (χ0v) is 11.0. The highest BCUT2D eigenvalue weighted by atomic mass is 35.7. The van der Waals surface area contributed by atoms with Gasteiger partial charge < -0.3 is 9.63 Å². The van der Waals surface area contributed by atoms with Gasteiger partial charge in [-0.2, -0.15) is 0 Å². The average molecular weight is 278 g/mol. The number of halogens is 1. The first-order chi connectivity index (χ1) is 7.73. The third kappa shape index (κ3) is 4.38. The van der Waals surface area contributed by atoms with Gasteiger partial charge in [0.2, 0.25) is 0 Å². The first-order valence-electron chi connectivity index (χ1n) is 4.80. The Morgan fingerprint density at radius 2 is 1.94 bits per heavy atom. The normalized spacial score (nSPS) is 15.0. The van der Waals surface area contributed by atoms with E-state index in [2.05, 4.69) is 5.09 Å². The zero-order valence-electron chi connectivity index (χ0n) is 9.38. The van der Waals surface area contributed by atoms with Crippen LogP contribution in [-0.2, 0) is 9.36 Å². The average Bonchev–Trinajstić information content (AvgIpc) is 2.16. The van der Waals surface area contributed by atoms with E-state index in [1.807, 2.05) is 0 Å². The molecule has 1 rings (SSSR count). The molecule has 0 bridgehead atoms. The number of aliphatic carboxylic acids is 1. The molecule has 0 spiro atoms. The lowest BCUT2D eigenvalue weighted by molar-refractivity contribution is -0.142. The zero-order chi connectivity index (χ0) is 13.1. The summed E-state index contributed by atoms with van der Waals surface area (Å²) in [5.41, 5.74) is -1.44. The van der Waals surface area contributed by atoms with Crippen LogP contribution in [0.5, 0.6) is 5.75 Å². The SMILES string of the molecule is CC(C)(NP(=O)(Cl)Oc1ccccc1)C(=O)O. The van der Waals surface area contributed by atoms with Crippen molar-refractivity contribution in [3.05, 3.63) is 30.3 Å². The van der Waals surface area contributed by atoms with Crippen molar-refractivity contribution < 1.29 is 19.0 Å². The van der Waals surface area contributed by atoms with Crippen LogP contribution in [0.25, 0.3) is 0 Å². The monoisotopic (exact) mass is 277 g/mol. The van der Waals surface area contributed by atoms with Crippen LogP contribution in [0.3, 0.4) is 0 Å². The molecule has 1 aromatic rings. The van der Waals surface area contributed by atoms with E-state index < -0.39 is 18.4 Å². The summed E-state index contributed by atoms with van der Waals surface area (Å²) in [6.45, 7) is -1.06. The molecule has 1 aromatic carbocycles. The molecule has 0 fully saturated rings. The lowest BCUT2D eigenvalue weighted by Gasteiger charge is -2.24. The predicted molar refractivity (Wildman–Crippen MR) is 65.4 cm³/mol. The van der Waals surface area contributed by atoms with Crippen molar-refractivity contribution in [2.45, 2.75) is 19.4 Å². The number of benzene rings is 1. The summed E-state index contributed by atoms with van der Waals surface area (Å²) in [7, 11) is 0. The molecule has 0 aliphatic heterocycles. The number of carboxylic acids is 1. The lowest BCUT2D eigenvalue weighted by Crippen LogP contribution is -2.44. The first-order valence-corrected chi connectivity index (χ1v) is 7.33. The van der Waals surface area contributed by atoms with E-state index in [0.717, 1.165) is 0 Å². The minimum Gasteiger partial charge on any atom is -0.480 e. The van der Waals surface area contributed by atoms with Gasteiger partial charge in [0.25, 0.3) is 0 Å². The maximum Gasteiger partial charge on any atom is 0.410 e. The number of carboxylic acid groups (broad SMARTS) is 1. The van der Waals surface area contributed by atoms with E-state index in [0.29, 0.717) is 5.75 Å². The summed E-state index contributed by atoms with van der Waals surface area (Å²) in [4.78, 5) is 10.9. The van der Waals surface area contributed by atoms with Gasteiger partial charge in [0.1, 0.15) is 11.3 Å². The molecule has 0 radical (unpaired) electrons. The molecule has 2 N–H and O–H groups in total. The van der Waals surface area contributed by atoms with Gasteiger partial charge in [-0.15, -0.1) is 0 Å². The van der Waals surface area contributed by atoms with E-state index in [4.69, 9.17) is 20.9 Å². The molecule has 5 nitrogen and oxygen atoms in total. The third-order valence-corrected chi connectivity index (χ3v) is 3.65. The number of rotatable bonds is 5. The Labute approximate surface area is 104 Å². The van der Waals surface area contributed by atoms with E-state index in [1.165, 1.54) is 13.8 Å². The number of para-hydroxylation sites is 1. The summed E-state index contributed by atoms with van der Waals surface area (Å²) < 4.78 is 16.9. The Kier molecular flexibility index (Phi) is 4.20. The van der Waals surface area contributed by atoms with Gasteiger partial charge in [-0.05, 0) is 26.0 Å². The van der Waals surface area contributed by atoms with Crippen molar-refractivity contribution >= 4 is 24.1 Å². The van der Waals surface area contributed by atoms with Crippen molar-refractivity contribution in [2.75, 3.05) is 0 Å². The van der Waals surface area contributed by atoms with Crippen molar-refractivity contribution in [3.8, 4) is 5.75 Å². The minimum absolute atomic E-state index is 0.305. The first kappa shape index (κ1) is 14.0. The molecule has 0 amide bonds. The lowest BCUT2D eigenvalue weighted by atomic mass is 10.1. The Balaban J connectivity index is 2.77. The Bertz CT molecular complexity index is 449. The standard InChI is InChI=1S/C10H13ClNO4P/c1-10(2,9(13)14)12-17(11,15)16-8-6-4-3-5-7-8/h3-7H,1-2H3,(H,12,15)(H,13,14). The molecule has 1 unspecified atom stereocenters. The highest BCUT2D eigenvalue weighted by Gasteiger charge is 2.36. The van der Waals surface area contributed by atoms with Crippen molar-refractivity contribution in [1.29, 1.82) is 0 Å². The highest BCUT2D eigenvalue weighted by Crippen LogP contribution is 2.49. The summed E-state index contributed by atoms with van der Waals surface area (Å²) >= 11 is 5.66. The maximum absolute atomic E-state index is 11.9. The highest BCUT2D eigenvalue weighted by molar-refractivity contribution is 7.84. The number of hydrogen-bond donors (Lipinski definition) is 2. The Morgan fingerprint density at radius 3 is 2.41 bits per heavy atom. The number of nitrogens with one attached hydrogen (secondary N) is 1. The van der Waals surface area contributed by atoms with Gasteiger partial charge in [0, 0.05) is 11.2 Å². The molecule has 1 atom stereocenters. The summed E-state index contributed by atoms with van der Waals surface area (Å²) in [6, 6.07) is 8.29. The molecule has 7 heteroatoms. The Hall–Kier alpha value is -1.03. The summed E-state index contributed by atoms with van der Waals surface area (Å²) in [5, 5.41) is 11.2. The van der Waals surface area contributed by atoms with Crippen molar-refractivity contribution in [2.24, 2.45) is 0 Å². The fourth-order valence-electron chi connectivity index (χ4n) is 1.02. The van der Waals surface area contributed by atoms with E-state index >= 15 is 0 Å². The van der Waals surface area contributed by atoms with Gasteiger partial charge >= 0.3 is 12.8 Å². The quantitative estimate of drug-likeness (QED) is 0.810. The van der Waals surface area contributed by atoms with Crippen molar-refractivity contribution in [3.63, 3.8) is 0 Å². The predicted octanol–water partition coefficient (Wildman–Crippen LogP) is 2.87. The Morgan fingerprint density at radius 1 is 1.41 bits per heavy atom. The second-order valence-corrected chi connectivity index (χ2v) is 6.63. The van der Waals surface area contributed by atoms with E-state index in [-0.39, 0.29) is 0 Å². The summed E-state index contributed by atoms with van der Waals surface area (Å²) in [6.07, 6.45) is 0. The molecule has 94 valence electrons. The van der Waals surface area contributed by atoms with Crippen LogP contribution in [0.2, 0.25) is 0 Å². The van der Waals surface area contributed by atoms with Crippen LogP contribution in [0, 0.1) is 0 Å². The van der Waals surface area contributed by atoms with Crippen LogP contribution in [-0.4, -0.2) is 16.6 Å². The van der Waals surface area contributed by atoms with Crippen molar-refractivity contribution in [1.82, 2.24) is 5.09 Å². The topological polar surface area (TPSA) is 75.6 Å². The fraction of sp³-hybridized carbons (Fsp3) is 0.300. The third-order valence-electron chi connectivity index (χ3n) is 1.91. The molecule has 0 aliphatic rings. The molecule has 17 heavy (non-hydrogen) atoms. The summed E-state index contributed by atoms with van der Waals surface area (Å²) in [5.74, 6) is -0.866. The number of hydrogen-bond acceptors (Lipinski definition) is 3.